The topological polar surface area (TPSA) is 74.5 Å². The van der Waals surface area contributed by atoms with Gasteiger partial charge in [0.05, 0.1) is 12.7 Å². The third-order valence-electron chi connectivity index (χ3n) is 2.02. The molecule has 1 aromatic rings. The number of hydrogen-bond acceptors (Lipinski definition) is 3. The van der Waals surface area contributed by atoms with Crippen molar-refractivity contribution in [1.29, 1.82) is 0 Å². The highest BCUT2D eigenvalue weighted by Gasteiger charge is 2.08. The second-order valence-electron chi connectivity index (χ2n) is 3.30. The van der Waals surface area contributed by atoms with E-state index in [0.29, 0.717) is 13.0 Å². The fourth-order valence-electron chi connectivity index (χ4n) is 1.25. The average Bonchev–Trinajstić information content (AvgIpc) is 2.58. The van der Waals surface area contributed by atoms with E-state index in [1.54, 1.807) is 0 Å². The van der Waals surface area contributed by atoms with Crippen LogP contribution in [0.3, 0.4) is 0 Å². The minimum Gasteiger partial charge on any atom is -0.465 e. The fraction of sp³-hybridized carbons (Fsp3) is 0.500. The van der Waals surface area contributed by atoms with Crippen molar-refractivity contribution < 1.29 is 14.3 Å². The largest absolute Gasteiger partial charge is 0.465 e. The van der Waals surface area contributed by atoms with Crippen molar-refractivity contribution >= 4 is 6.09 Å². The Kier molecular flexibility index (Phi) is 4.17. The van der Waals surface area contributed by atoms with Crippen LogP contribution < -0.4 is 10.6 Å². The summed E-state index contributed by atoms with van der Waals surface area (Å²) in [4.78, 5) is 10.4. The minimum absolute atomic E-state index is 0.243. The average molecular weight is 212 g/mol. The lowest BCUT2D eigenvalue weighted by atomic mass is 10.3. The van der Waals surface area contributed by atoms with Crippen LogP contribution in [-0.2, 0) is 6.54 Å². The van der Waals surface area contributed by atoms with E-state index in [0.717, 1.165) is 11.5 Å². The second-order valence-corrected chi connectivity index (χ2v) is 3.30. The number of carboxylic acid groups (broad SMARTS) is 1. The van der Waals surface area contributed by atoms with E-state index in [4.69, 9.17) is 9.52 Å². The number of furan rings is 1. The quantitative estimate of drug-likeness (QED) is 0.649. The molecular weight excluding hydrogens is 196 g/mol. The van der Waals surface area contributed by atoms with Gasteiger partial charge in [-0.05, 0) is 25.5 Å². The molecule has 15 heavy (non-hydrogen) atoms. The van der Waals surface area contributed by atoms with E-state index in [1.807, 2.05) is 26.0 Å². The molecule has 1 unspecified atom stereocenters. The molecule has 0 bridgehead atoms. The monoisotopic (exact) mass is 212 g/mol. The molecule has 0 aliphatic rings. The van der Waals surface area contributed by atoms with Crippen LogP contribution in [0.2, 0.25) is 0 Å². The molecule has 0 saturated carbocycles. The first-order valence-electron chi connectivity index (χ1n) is 4.90. The maximum Gasteiger partial charge on any atom is 0.405 e. The number of nitrogens with one attached hydrogen (secondary N) is 2. The SMILES string of the molecule is CCC(NCc1ccc(C)o1)NC(=O)O. The van der Waals surface area contributed by atoms with Crippen LogP contribution in [0.15, 0.2) is 16.5 Å². The van der Waals surface area contributed by atoms with Gasteiger partial charge in [-0.2, -0.15) is 0 Å². The van der Waals surface area contributed by atoms with Gasteiger partial charge < -0.3 is 14.8 Å². The normalized spacial score (nSPS) is 12.4. The number of amides is 1. The molecule has 1 amide bonds. The smallest absolute Gasteiger partial charge is 0.405 e. The van der Waals surface area contributed by atoms with Crippen molar-refractivity contribution in [2.75, 3.05) is 0 Å². The minimum atomic E-state index is -1.02. The second kappa shape index (κ2) is 5.41. The van der Waals surface area contributed by atoms with E-state index < -0.39 is 6.09 Å². The van der Waals surface area contributed by atoms with E-state index >= 15 is 0 Å². The van der Waals surface area contributed by atoms with Crippen molar-refractivity contribution in [1.82, 2.24) is 10.6 Å². The molecule has 0 saturated heterocycles. The summed E-state index contributed by atoms with van der Waals surface area (Å²) in [6, 6.07) is 3.75. The molecule has 1 rings (SSSR count). The summed E-state index contributed by atoms with van der Waals surface area (Å²) in [5.41, 5.74) is 0. The van der Waals surface area contributed by atoms with Gasteiger partial charge in [0.15, 0.2) is 0 Å². The van der Waals surface area contributed by atoms with Gasteiger partial charge >= 0.3 is 6.09 Å². The van der Waals surface area contributed by atoms with Gasteiger partial charge in [0.2, 0.25) is 0 Å². The zero-order chi connectivity index (χ0) is 11.3. The number of carbonyl (C=O) groups is 1. The Morgan fingerprint density at radius 3 is 2.80 bits per heavy atom. The van der Waals surface area contributed by atoms with E-state index in [-0.39, 0.29) is 6.17 Å². The summed E-state index contributed by atoms with van der Waals surface area (Å²) in [5, 5.41) is 14.0. The Hall–Kier alpha value is -1.49. The molecule has 0 aliphatic heterocycles. The maximum atomic E-state index is 10.4. The summed E-state index contributed by atoms with van der Waals surface area (Å²) < 4.78 is 5.35. The predicted molar refractivity (Wildman–Crippen MR) is 55.5 cm³/mol. The molecule has 3 N–H and O–H groups in total. The van der Waals surface area contributed by atoms with Gasteiger partial charge in [0.1, 0.15) is 11.5 Å². The summed E-state index contributed by atoms with van der Waals surface area (Å²) in [7, 11) is 0. The molecule has 0 aromatic carbocycles. The first-order valence-corrected chi connectivity index (χ1v) is 4.90. The lowest BCUT2D eigenvalue weighted by Crippen LogP contribution is -2.43. The highest BCUT2D eigenvalue weighted by atomic mass is 16.4. The first-order chi connectivity index (χ1) is 7.11. The van der Waals surface area contributed by atoms with Crippen LogP contribution in [-0.4, -0.2) is 17.4 Å². The van der Waals surface area contributed by atoms with Gasteiger partial charge in [0, 0.05) is 0 Å². The van der Waals surface area contributed by atoms with Crippen LogP contribution in [0.5, 0.6) is 0 Å². The number of rotatable bonds is 5. The molecule has 1 heterocycles. The molecule has 5 heteroatoms. The Morgan fingerprint density at radius 2 is 2.33 bits per heavy atom. The molecule has 1 atom stereocenters. The summed E-state index contributed by atoms with van der Waals surface area (Å²) in [6.45, 7) is 4.30. The summed E-state index contributed by atoms with van der Waals surface area (Å²) >= 11 is 0. The van der Waals surface area contributed by atoms with Crippen molar-refractivity contribution in [2.45, 2.75) is 33.0 Å². The van der Waals surface area contributed by atoms with E-state index in [2.05, 4.69) is 10.6 Å². The van der Waals surface area contributed by atoms with Crippen LogP contribution in [0.25, 0.3) is 0 Å². The zero-order valence-electron chi connectivity index (χ0n) is 8.91. The van der Waals surface area contributed by atoms with Gasteiger partial charge in [0.25, 0.3) is 0 Å². The summed E-state index contributed by atoms with van der Waals surface area (Å²) in [5.74, 6) is 1.66. The predicted octanol–water partition coefficient (Wildman–Crippen LogP) is 1.68. The molecule has 0 aliphatic carbocycles. The van der Waals surface area contributed by atoms with Crippen LogP contribution in [0.4, 0.5) is 4.79 Å². The molecule has 1 aromatic heterocycles. The van der Waals surface area contributed by atoms with Gasteiger partial charge in [-0.1, -0.05) is 6.92 Å². The standard InChI is InChI=1S/C10H16N2O3/c1-3-9(12-10(13)14)11-6-8-5-4-7(2)15-8/h4-5,9,11-12H,3,6H2,1-2H3,(H,13,14). The van der Waals surface area contributed by atoms with E-state index in [9.17, 15) is 4.79 Å². The Bertz CT molecular complexity index is 322. The molecule has 0 spiro atoms. The fourth-order valence-corrected chi connectivity index (χ4v) is 1.25. The third-order valence-corrected chi connectivity index (χ3v) is 2.02. The number of hydrogen-bond donors (Lipinski definition) is 3. The number of aryl methyl sites for hydroxylation is 1. The Morgan fingerprint density at radius 1 is 1.60 bits per heavy atom. The molecular formula is C10H16N2O3. The third kappa shape index (κ3) is 4.03. The zero-order valence-corrected chi connectivity index (χ0v) is 8.91. The van der Waals surface area contributed by atoms with Crippen LogP contribution >= 0.6 is 0 Å². The van der Waals surface area contributed by atoms with Crippen molar-refractivity contribution in [3.8, 4) is 0 Å². The van der Waals surface area contributed by atoms with Crippen molar-refractivity contribution in [2.24, 2.45) is 0 Å². The highest BCUT2D eigenvalue weighted by Crippen LogP contribution is 2.05. The molecule has 0 fully saturated rings. The lowest BCUT2D eigenvalue weighted by molar-refractivity contribution is 0.186. The molecule has 5 nitrogen and oxygen atoms in total. The van der Waals surface area contributed by atoms with Gasteiger partial charge in [-0.3, -0.25) is 5.32 Å². The van der Waals surface area contributed by atoms with E-state index in [1.165, 1.54) is 0 Å². The first kappa shape index (κ1) is 11.6. The van der Waals surface area contributed by atoms with Gasteiger partial charge in [-0.15, -0.1) is 0 Å². The summed E-state index contributed by atoms with van der Waals surface area (Å²) in [6.07, 6.45) is -0.579. The van der Waals surface area contributed by atoms with Crippen molar-refractivity contribution in [3.05, 3.63) is 23.7 Å². The van der Waals surface area contributed by atoms with Crippen LogP contribution in [0.1, 0.15) is 24.9 Å². The molecule has 84 valence electrons. The maximum absolute atomic E-state index is 10.4. The van der Waals surface area contributed by atoms with Gasteiger partial charge in [-0.25, -0.2) is 4.79 Å². The Balaban J connectivity index is 2.37. The Labute approximate surface area is 88.5 Å². The highest BCUT2D eigenvalue weighted by molar-refractivity contribution is 5.64. The van der Waals surface area contributed by atoms with Crippen molar-refractivity contribution in [3.63, 3.8) is 0 Å². The molecule has 0 radical (unpaired) electrons. The lowest BCUT2D eigenvalue weighted by Gasteiger charge is -2.15. The van der Waals surface area contributed by atoms with Crippen LogP contribution in [0, 0.1) is 6.92 Å².